The van der Waals surface area contributed by atoms with E-state index in [0.717, 1.165) is 4.90 Å². The molecule has 0 bridgehead atoms. The van der Waals surface area contributed by atoms with E-state index in [0.29, 0.717) is 0 Å². The highest BCUT2D eigenvalue weighted by Gasteiger charge is 2.57. The van der Waals surface area contributed by atoms with Crippen LogP contribution in [-0.4, -0.2) is 39.9 Å². The van der Waals surface area contributed by atoms with E-state index in [2.05, 4.69) is 0 Å². The number of likely N-dealkylation sites (tertiary alicyclic amines) is 1. The van der Waals surface area contributed by atoms with Crippen LogP contribution in [0.1, 0.15) is 33.6 Å². The normalized spacial score (nSPS) is 25.1. The third-order valence-corrected chi connectivity index (χ3v) is 3.40. The van der Waals surface area contributed by atoms with Crippen LogP contribution in [0.4, 0.5) is 0 Å². The molecule has 1 atom stereocenters. The van der Waals surface area contributed by atoms with E-state index >= 15 is 0 Å². The van der Waals surface area contributed by atoms with Crippen LogP contribution < -0.4 is 5.73 Å². The number of aliphatic carboxylic acids is 1. The van der Waals surface area contributed by atoms with Gasteiger partial charge in [-0.05, 0) is 11.8 Å². The van der Waals surface area contributed by atoms with Crippen molar-refractivity contribution in [3.63, 3.8) is 0 Å². The van der Waals surface area contributed by atoms with Crippen LogP contribution in [0.25, 0.3) is 0 Å². The number of hydrogen-bond donors (Lipinski definition) is 2. The van der Waals surface area contributed by atoms with Crippen molar-refractivity contribution in [2.45, 2.75) is 39.2 Å². The Morgan fingerprint density at radius 1 is 1.47 bits per heavy atom. The molecule has 0 aliphatic carbocycles. The summed E-state index contributed by atoms with van der Waals surface area (Å²) in [6.07, 6.45) is 0.436. The first-order valence-electron chi connectivity index (χ1n) is 5.45. The predicted octanol–water partition coefficient (Wildman–Crippen LogP) is -0.0364. The molecule has 0 aromatic rings. The average molecular weight is 242 g/mol. The molecular weight excluding hydrogens is 224 g/mol. The zero-order chi connectivity index (χ0) is 13.4. The lowest BCUT2D eigenvalue weighted by Crippen LogP contribution is -2.63. The number of hydrogen-bond acceptors (Lipinski definition) is 3. The zero-order valence-electron chi connectivity index (χ0n) is 10.3. The largest absolute Gasteiger partial charge is 0.480 e. The number of amides is 2. The quantitative estimate of drug-likeness (QED) is 0.725. The monoisotopic (exact) mass is 242 g/mol. The number of primary amides is 1. The van der Waals surface area contributed by atoms with Crippen molar-refractivity contribution in [2.75, 3.05) is 6.54 Å². The van der Waals surface area contributed by atoms with Crippen LogP contribution in [-0.2, 0) is 14.4 Å². The lowest BCUT2D eigenvalue weighted by molar-refractivity contribution is -0.153. The van der Waals surface area contributed by atoms with Gasteiger partial charge in [-0.3, -0.25) is 14.4 Å². The minimum Gasteiger partial charge on any atom is -0.480 e. The van der Waals surface area contributed by atoms with Crippen LogP contribution >= 0.6 is 0 Å². The van der Waals surface area contributed by atoms with Crippen molar-refractivity contribution in [2.24, 2.45) is 11.1 Å². The van der Waals surface area contributed by atoms with Crippen molar-refractivity contribution in [3.05, 3.63) is 0 Å². The van der Waals surface area contributed by atoms with Gasteiger partial charge in [0.15, 0.2) is 0 Å². The number of nitrogens with two attached hydrogens (primary N) is 1. The molecule has 1 saturated heterocycles. The summed E-state index contributed by atoms with van der Waals surface area (Å²) >= 11 is 0. The summed E-state index contributed by atoms with van der Waals surface area (Å²) in [7, 11) is 0. The van der Waals surface area contributed by atoms with E-state index in [9.17, 15) is 14.4 Å². The fourth-order valence-corrected chi connectivity index (χ4v) is 2.53. The fraction of sp³-hybridized carbons (Fsp3) is 0.727. The van der Waals surface area contributed by atoms with Crippen LogP contribution in [0.15, 0.2) is 0 Å². The third-order valence-electron chi connectivity index (χ3n) is 3.40. The molecule has 0 spiro atoms. The molecule has 17 heavy (non-hydrogen) atoms. The Kier molecular flexibility index (Phi) is 3.18. The Bertz CT molecular complexity index is 372. The molecule has 1 aliphatic heterocycles. The second-order valence-corrected chi connectivity index (χ2v) is 5.35. The maximum atomic E-state index is 11.7. The predicted molar refractivity (Wildman–Crippen MR) is 60.0 cm³/mol. The molecule has 6 nitrogen and oxygen atoms in total. The number of rotatable bonds is 3. The summed E-state index contributed by atoms with van der Waals surface area (Å²) in [5.74, 6) is -2.12. The summed E-state index contributed by atoms with van der Waals surface area (Å²) in [5, 5.41) is 8.83. The molecular formula is C11H18N2O4. The summed E-state index contributed by atoms with van der Waals surface area (Å²) in [4.78, 5) is 35.4. The molecule has 1 rings (SSSR count). The Labute approximate surface area is 99.8 Å². The van der Waals surface area contributed by atoms with E-state index in [4.69, 9.17) is 10.8 Å². The lowest BCUT2D eigenvalue weighted by atomic mass is 9.71. The van der Waals surface area contributed by atoms with E-state index in [1.165, 1.54) is 0 Å². The van der Waals surface area contributed by atoms with Crippen molar-refractivity contribution in [3.8, 4) is 0 Å². The molecule has 0 aromatic heterocycles. The van der Waals surface area contributed by atoms with Gasteiger partial charge in [-0.15, -0.1) is 0 Å². The van der Waals surface area contributed by atoms with Gasteiger partial charge in [0.05, 0.1) is 0 Å². The highest BCUT2D eigenvalue weighted by atomic mass is 16.4. The zero-order valence-corrected chi connectivity index (χ0v) is 10.3. The minimum absolute atomic E-state index is 0.160. The molecule has 1 unspecified atom stereocenters. The molecule has 3 N–H and O–H groups in total. The first-order valence-corrected chi connectivity index (χ1v) is 5.45. The van der Waals surface area contributed by atoms with Gasteiger partial charge in [0.25, 0.3) is 0 Å². The van der Waals surface area contributed by atoms with Gasteiger partial charge < -0.3 is 15.7 Å². The van der Waals surface area contributed by atoms with Gasteiger partial charge in [-0.2, -0.15) is 0 Å². The van der Waals surface area contributed by atoms with Crippen LogP contribution in [0.2, 0.25) is 0 Å². The molecule has 2 amide bonds. The van der Waals surface area contributed by atoms with Gasteiger partial charge in [-0.1, -0.05) is 20.8 Å². The molecule has 96 valence electrons. The Morgan fingerprint density at radius 2 is 2.00 bits per heavy atom. The van der Waals surface area contributed by atoms with Crippen molar-refractivity contribution >= 4 is 17.8 Å². The van der Waals surface area contributed by atoms with Crippen LogP contribution in [0, 0.1) is 5.41 Å². The maximum absolute atomic E-state index is 11.7. The van der Waals surface area contributed by atoms with Crippen molar-refractivity contribution in [1.29, 1.82) is 0 Å². The number of carbonyl (C=O) groups excluding carboxylic acids is 2. The van der Waals surface area contributed by atoms with Gasteiger partial charge in [0.2, 0.25) is 11.8 Å². The van der Waals surface area contributed by atoms with Gasteiger partial charge in [0, 0.05) is 6.42 Å². The molecule has 1 heterocycles. The summed E-state index contributed by atoms with van der Waals surface area (Å²) in [5.41, 5.74) is 3.62. The third kappa shape index (κ3) is 1.99. The van der Waals surface area contributed by atoms with Gasteiger partial charge in [-0.25, -0.2) is 0 Å². The van der Waals surface area contributed by atoms with Crippen LogP contribution in [0.3, 0.4) is 0 Å². The molecule has 0 aromatic carbocycles. The number of carboxylic acid groups (broad SMARTS) is 1. The fourth-order valence-electron chi connectivity index (χ4n) is 2.53. The molecule has 0 saturated carbocycles. The molecule has 0 radical (unpaired) electrons. The van der Waals surface area contributed by atoms with Crippen molar-refractivity contribution in [1.82, 2.24) is 4.90 Å². The second-order valence-electron chi connectivity index (χ2n) is 5.35. The number of carbonyl (C=O) groups is 3. The molecule has 6 heteroatoms. The Balaban J connectivity index is 3.25. The highest BCUT2D eigenvalue weighted by Crippen LogP contribution is 2.43. The van der Waals surface area contributed by atoms with E-state index < -0.39 is 29.4 Å². The average Bonchev–Trinajstić information content (AvgIpc) is 2.43. The van der Waals surface area contributed by atoms with Crippen LogP contribution in [0.5, 0.6) is 0 Å². The molecule has 1 aliphatic rings. The summed E-state index contributed by atoms with van der Waals surface area (Å²) in [6.45, 7) is 4.86. The standard InChI is InChI=1S/C11H18N2O4/c1-10(2,3)11(9(12)17)5-4-7(14)13(11)6-8(15)16/h4-6H2,1-3H3,(H2,12,17)(H,15,16). The van der Waals surface area contributed by atoms with Crippen molar-refractivity contribution < 1.29 is 19.5 Å². The smallest absolute Gasteiger partial charge is 0.323 e. The summed E-state index contributed by atoms with van der Waals surface area (Å²) < 4.78 is 0. The first kappa shape index (κ1) is 13.5. The number of carboxylic acids is 1. The van der Waals surface area contributed by atoms with E-state index in [1.807, 2.05) is 0 Å². The minimum atomic E-state index is -1.21. The van der Waals surface area contributed by atoms with E-state index in [1.54, 1.807) is 20.8 Å². The van der Waals surface area contributed by atoms with Gasteiger partial charge in [0.1, 0.15) is 12.1 Å². The number of nitrogens with zero attached hydrogens (tertiary/aromatic N) is 1. The second kappa shape index (κ2) is 4.01. The Hall–Kier alpha value is -1.59. The Morgan fingerprint density at radius 3 is 2.35 bits per heavy atom. The SMILES string of the molecule is CC(C)(C)C1(C(N)=O)CCC(=O)N1CC(=O)O. The summed E-state index contributed by atoms with van der Waals surface area (Å²) in [6, 6.07) is 0. The lowest BCUT2D eigenvalue weighted by Gasteiger charge is -2.44. The maximum Gasteiger partial charge on any atom is 0.323 e. The van der Waals surface area contributed by atoms with Gasteiger partial charge >= 0.3 is 5.97 Å². The molecule has 1 fully saturated rings. The topological polar surface area (TPSA) is 101 Å². The van der Waals surface area contributed by atoms with E-state index in [-0.39, 0.29) is 18.7 Å². The highest BCUT2D eigenvalue weighted by molar-refractivity contribution is 5.96. The first-order chi connectivity index (χ1) is 7.63.